The summed E-state index contributed by atoms with van der Waals surface area (Å²) in [5, 5.41) is 11.6. The highest BCUT2D eigenvalue weighted by molar-refractivity contribution is 7.71. The minimum absolute atomic E-state index is 0.419. The normalized spacial score (nSPS) is 11.0. The fourth-order valence-electron chi connectivity index (χ4n) is 2.97. The molecule has 4 aromatic rings. The third-order valence-corrected chi connectivity index (χ3v) is 4.79. The van der Waals surface area contributed by atoms with Crippen LogP contribution in [-0.4, -0.2) is 27.7 Å². The summed E-state index contributed by atoms with van der Waals surface area (Å²) >= 11 is 5.34. The fraction of sp³-hybridized carbons (Fsp3) is 0.125. The highest BCUT2D eigenvalue weighted by Crippen LogP contribution is 2.21. The second-order valence-electron chi connectivity index (χ2n) is 6.71. The van der Waals surface area contributed by atoms with Gasteiger partial charge in [-0.15, -0.1) is 0 Å². The average Bonchev–Trinajstić information content (AvgIpc) is 3.18. The highest BCUT2D eigenvalue weighted by atomic mass is 32.1. The quantitative estimate of drug-likeness (QED) is 0.297. The topological polar surface area (TPSA) is 64.4 Å². The Labute approximate surface area is 185 Å². The second-order valence-corrected chi connectivity index (χ2v) is 7.10. The van der Waals surface area contributed by atoms with Crippen LogP contribution in [0, 0.1) is 4.77 Å². The van der Waals surface area contributed by atoms with Crippen LogP contribution >= 0.6 is 12.2 Å². The highest BCUT2D eigenvalue weighted by Gasteiger charge is 2.08. The van der Waals surface area contributed by atoms with Crippen LogP contribution in [-0.2, 0) is 6.61 Å². The number of hydrogen-bond donors (Lipinski definition) is 1. The maximum atomic E-state index is 5.83. The first-order chi connectivity index (χ1) is 15.2. The monoisotopic (exact) mass is 430 g/mol. The van der Waals surface area contributed by atoms with Crippen molar-refractivity contribution in [3.05, 3.63) is 94.8 Å². The molecule has 3 aromatic carbocycles. The van der Waals surface area contributed by atoms with Gasteiger partial charge in [0.15, 0.2) is 5.82 Å². The van der Waals surface area contributed by atoms with Crippen LogP contribution in [0.3, 0.4) is 0 Å². The molecule has 0 radical (unpaired) electrons. The molecule has 0 saturated carbocycles. The van der Waals surface area contributed by atoms with E-state index in [9.17, 15) is 0 Å². The molecule has 1 N–H and O–H groups in total. The number of rotatable bonds is 8. The van der Waals surface area contributed by atoms with Gasteiger partial charge in [-0.2, -0.15) is 14.9 Å². The van der Waals surface area contributed by atoms with Crippen LogP contribution in [0.15, 0.2) is 84.0 Å². The summed E-state index contributed by atoms with van der Waals surface area (Å²) in [6.07, 6.45) is 1.74. The maximum absolute atomic E-state index is 5.83. The van der Waals surface area contributed by atoms with Gasteiger partial charge in [-0.3, -0.25) is 0 Å². The number of hydrogen-bond acceptors (Lipinski definition) is 5. The smallest absolute Gasteiger partial charge is 0.216 e. The Morgan fingerprint density at radius 1 is 0.935 bits per heavy atom. The largest absolute Gasteiger partial charge is 0.494 e. The lowest BCUT2D eigenvalue weighted by Crippen LogP contribution is -1.97. The average molecular weight is 431 g/mol. The van der Waals surface area contributed by atoms with E-state index in [4.69, 9.17) is 21.7 Å². The van der Waals surface area contributed by atoms with Crippen molar-refractivity contribution in [3.8, 4) is 22.9 Å². The summed E-state index contributed by atoms with van der Waals surface area (Å²) in [7, 11) is 0. The van der Waals surface area contributed by atoms with Crippen LogP contribution in [0.1, 0.15) is 18.1 Å². The third-order valence-electron chi connectivity index (χ3n) is 4.52. The van der Waals surface area contributed by atoms with Crippen LogP contribution in [0.25, 0.3) is 11.4 Å². The van der Waals surface area contributed by atoms with Gasteiger partial charge in [0, 0.05) is 5.56 Å². The van der Waals surface area contributed by atoms with E-state index in [0.717, 1.165) is 28.2 Å². The van der Waals surface area contributed by atoms with Gasteiger partial charge in [0.1, 0.15) is 18.1 Å². The number of nitrogens with one attached hydrogen (secondary N) is 1. The van der Waals surface area contributed by atoms with Crippen LogP contribution < -0.4 is 9.47 Å². The molecule has 0 saturated heterocycles. The number of H-pyrrole nitrogens is 1. The number of benzene rings is 3. The molecule has 0 bridgehead atoms. The van der Waals surface area contributed by atoms with E-state index < -0.39 is 0 Å². The van der Waals surface area contributed by atoms with Crippen molar-refractivity contribution in [3.63, 3.8) is 0 Å². The fourth-order valence-corrected chi connectivity index (χ4v) is 3.15. The lowest BCUT2D eigenvalue weighted by molar-refractivity contribution is 0.306. The molecule has 4 rings (SSSR count). The first-order valence-electron chi connectivity index (χ1n) is 9.95. The van der Waals surface area contributed by atoms with Gasteiger partial charge in [-0.25, -0.2) is 5.10 Å². The predicted octanol–water partition coefficient (Wildman–Crippen LogP) is 5.47. The van der Waals surface area contributed by atoms with Gasteiger partial charge in [0.2, 0.25) is 4.77 Å². The summed E-state index contributed by atoms with van der Waals surface area (Å²) in [6.45, 7) is 3.11. The summed E-state index contributed by atoms with van der Waals surface area (Å²) < 4.78 is 13.3. The zero-order chi connectivity index (χ0) is 21.5. The van der Waals surface area contributed by atoms with E-state index in [2.05, 4.69) is 15.3 Å². The molecule has 0 amide bonds. The third kappa shape index (κ3) is 5.26. The summed E-state index contributed by atoms with van der Waals surface area (Å²) in [5.41, 5.74) is 2.94. The van der Waals surface area contributed by atoms with Crippen molar-refractivity contribution in [2.24, 2.45) is 5.10 Å². The first-order valence-corrected chi connectivity index (χ1v) is 10.4. The molecule has 1 aromatic heterocycles. The van der Waals surface area contributed by atoms with Gasteiger partial charge < -0.3 is 9.47 Å². The van der Waals surface area contributed by atoms with Crippen molar-refractivity contribution < 1.29 is 9.47 Å². The SMILES string of the molecule is CCOc1ccc(-c2n[nH]c(=S)n2/N=C/c2ccc(OCc3ccccc3)cc2)cc1. The standard InChI is InChI=1S/C24H22N4O2S/c1-2-29-21-14-10-20(11-15-21)23-26-27-24(31)28(23)25-16-18-8-12-22(13-9-18)30-17-19-6-4-3-5-7-19/h3-16H,2,17H2,1H3,(H,27,31)/b25-16+. The molecule has 0 aliphatic carbocycles. The molecule has 1 heterocycles. The molecule has 0 aliphatic rings. The maximum Gasteiger partial charge on any atom is 0.216 e. The van der Waals surface area contributed by atoms with Crippen molar-refractivity contribution >= 4 is 18.4 Å². The lowest BCUT2D eigenvalue weighted by Gasteiger charge is -2.06. The molecule has 0 unspecified atom stereocenters. The lowest BCUT2D eigenvalue weighted by atomic mass is 10.2. The molecular weight excluding hydrogens is 408 g/mol. The number of nitrogens with zero attached hydrogens (tertiary/aromatic N) is 3. The molecule has 0 spiro atoms. The Bertz CT molecular complexity index is 1200. The zero-order valence-electron chi connectivity index (χ0n) is 17.1. The Morgan fingerprint density at radius 3 is 2.32 bits per heavy atom. The van der Waals surface area contributed by atoms with E-state index in [0.29, 0.717) is 23.8 Å². The Kier molecular flexibility index (Phi) is 6.54. The molecule has 6 nitrogen and oxygen atoms in total. The predicted molar refractivity (Wildman–Crippen MR) is 124 cm³/mol. The van der Waals surface area contributed by atoms with E-state index in [1.165, 1.54) is 0 Å². The molecule has 0 atom stereocenters. The van der Waals surface area contributed by atoms with Crippen LogP contribution in [0.2, 0.25) is 0 Å². The number of aromatic nitrogens is 3. The first kappa shape index (κ1) is 20.6. The van der Waals surface area contributed by atoms with Crippen molar-refractivity contribution in [2.75, 3.05) is 6.61 Å². The molecule has 7 heteroatoms. The van der Waals surface area contributed by atoms with Crippen molar-refractivity contribution in [1.82, 2.24) is 14.9 Å². The summed E-state index contributed by atoms with van der Waals surface area (Å²) in [4.78, 5) is 0. The Morgan fingerprint density at radius 2 is 1.61 bits per heavy atom. The van der Waals surface area contributed by atoms with Crippen LogP contribution in [0.5, 0.6) is 11.5 Å². The summed E-state index contributed by atoms with van der Waals surface area (Å²) in [5.74, 6) is 2.24. The molecule has 31 heavy (non-hydrogen) atoms. The van der Waals surface area contributed by atoms with Crippen LogP contribution in [0.4, 0.5) is 0 Å². The second kappa shape index (κ2) is 9.86. The van der Waals surface area contributed by atoms with Gasteiger partial charge in [0.25, 0.3) is 0 Å². The van der Waals surface area contributed by atoms with E-state index >= 15 is 0 Å². The molecule has 0 fully saturated rings. The van der Waals surface area contributed by atoms with Gasteiger partial charge in [0.05, 0.1) is 12.8 Å². The van der Waals surface area contributed by atoms with Crippen molar-refractivity contribution in [1.29, 1.82) is 0 Å². The van der Waals surface area contributed by atoms with Gasteiger partial charge in [-0.05, 0) is 78.8 Å². The Balaban J connectivity index is 1.46. The number of aromatic amines is 1. The minimum Gasteiger partial charge on any atom is -0.494 e. The molecule has 156 valence electrons. The molecule has 0 aliphatic heterocycles. The number of ether oxygens (including phenoxy) is 2. The summed E-state index contributed by atoms with van der Waals surface area (Å²) in [6, 6.07) is 25.5. The van der Waals surface area contributed by atoms with Crippen molar-refractivity contribution in [2.45, 2.75) is 13.5 Å². The van der Waals surface area contributed by atoms with E-state index in [-0.39, 0.29) is 0 Å². The van der Waals surface area contributed by atoms with E-state index in [1.807, 2.05) is 85.8 Å². The van der Waals surface area contributed by atoms with Gasteiger partial charge >= 0.3 is 0 Å². The zero-order valence-corrected chi connectivity index (χ0v) is 17.9. The Hall–Kier alpha value is -3.71. The van der Waals surface area contributed by atoms with E-state index in [1.54, 1.807) is 10.9 Å². The molecular formula is C24H22N4O2S. The minimum atomic E-state index is 0.419. The van der Waals surface area contributed by atoms with Gasteiger partial charge in [-0.1, -0.05) is 30.3 Å².